The fourth-order valence-corrected chi connectivity index (χ4v) is 3.37. The molecule has 0 aliphatic carbocycles. The molecule has 0 bridgehead atoms. The molecule has 1 amide bonds. The fourth-order valence-electron chi connectivity index (χ4n) is 3.37. The zero-order valence-corrected chi connectivity index (χ0v) is 16.2. The Morgan fingerprint density at radius 1 is 0.767 bits per heavy atom. The summed E-state index contributed by atoms with van der Waals surface area (Å²) >= 11 is 0. The number of hydrogen-bond acceptors (Lipinski definition) is 5. The summed E-state index contributed by atoms with van der Waals surface area (Å²) in [6, 6.07) is 23.0. The Morgan fingerprint density at radius 2 is 1.50 bits per heavy atom. The lowest BCUT2D eigenvalue weighted by Crippen LogP contribution is -2.22. The van der Waals surface area contributed by atoms with Gasteiger partial charge in [0.1, 0.15) is 11.0 Å². The average molecular weight is 397 g/mol. The number of nitrogens with zero attached hydrogens (tertiary/aromatic N) is 2. The summed E-state index contributed by atoms with van der Waals surface area (Å²) < 4.78 is 11.5. The average Bonchev–Trinajstić information content (AvgIpc) is 3.39. The Morgan fingerprint density at radius 3 is 2.37 bits per heavy atom. The van der Waals surface area contributed by atoms with E-state index in [1.165, 1.54) is 5.56 Å². The predicted molar refractivity (Wildman–Crippen MR) is 113 cm³/mol. The molecule has 0 fully saturated rings. The van der Waals surface area contributed by atoms with Gasteiger partial charge in [0, 0.05) is 12.0 Å². The van der Waals surface area contributed by atoms with Crippen molar-refractivity contribution in [2.45, 2.75) is 19.4 Å². The Balaban J connectivity index is 1.26. The van der Waals surface area contributed by atoms with Crippen LogP contribution in [0.1, 0.15) is 27.7 Å². The van der Waals surface area contributed by atoms with Crippen molar-refractivity contribution < 1.29 is 13.6 Å². The van der Waals surface area contributed by atoms with E-state index in [4.69, 9.17) is 8.83 Å². The van der Waals surface area contributed by atoms with Crippen molar-refractivity contribution in [3.8, 4) is 0 Å². The summed E-state index contributed by atoms with van der Waals surface area (Å²) in [5.41, 5.74) is 4.57. The van der Waals surface area contributed by atoms with Crippen LogP contribution in [0.2, 0.25) is 0 Å². The number of oxazole rings is 2. The van der Waals surface area contributed by atoms with E-state index in [-0.39, 0.29) is 12.5 Å². The van der Waals surface area contributed by atoms with E-state index in [1.54, 1.807) is 18.2 Å². The van der Waals surface area contributed by atoms with Crippen molar-refractivity contribution in [1.82, 2.24) is 15.3 Å². The summed E-state index contributed by atoms with van der Waals surface area (Å²) in [5.74, 6) is 0.918. The fraction of sp³-hybridized carbons (Fsp3) is 0.125. The Bertz CT molecular complexity index is 1290. The summed E-state index contributed by atoms with van der Waals surface area (Å²) in [6.45, 7) is 0.215. The molecule has 2 aromatic heterocycles. The lowest BCUT2D eigenvalue weighted by molar-refractivity contribution is 0.0947. The lowest BCUT2D eigenvalue weighted by Gasteiger charge is -2.02. The molecule has 5 aromatic rings. The first-order chi connectivity index (χ1) is 14.7. The highest BCUT2D eigenvalue weighted by Gasteiger charge is 2.12. The second kappa shape index (κ2) is 7.83. The number of hydrogen-bond donors (Lipinski definition) is 1. The SMILES string of the molecule is O=C(NCc1nc2ccccc2o1)c1ccc2oc(CCc3ccccc3)nc2c1. The number of para-hydroxylation sites is 2. The van der Waals surface area contributed by atoms with Gasteiger partial charge in [0.25, 0.3) is 5.91 Å². The van der Waals surface area contributed by atoms with Crippen molar-refractivity contribution >= 4 is 28.1 Å². The molecule has 0 radical (unpaired) electrons. The Hall–Kier alpha value is -3.93. The molecular formula is C24H19N3O3. The maximum Gasteiger partial charge on any atom is 0.251 e. The maximum atomic E-state index is 12.6. The monoisotopic (exact) mass is 397 g/mol. The summed E-state index contributed by atoms with van der Waals surface area (Å²) in [6.07, 6.45) is 1.56. The van der Waals surface area contributed by atoms with Crippen molar-refractivity contribution in [1.29, 1.82) is 0 Å². The molecular weight excluding hydrogens is 378 g/mol. The van der Waals surface area contributed by atoms with Crippen molar-refractivity contribution in [3.05, 3.63) is 95.7 Å². The van der Waals surface area contributed by atoms with Crippen molar-refractivity contribution in [2.24, 2.45) is 0 Å². The van der Waals surface area contributed by atoms with Crippen LogP contribution in [0.5, 0.6) is 0 Å². The van der Waals surface area contributed by atoms with Crippen LogP contribution in [0.4, 0.5) is 0 Å². The van der Waals surface area contributed by atoms with Gasteiger partial charge in [-0.1, -0.05) is 42.5 Å². The molecule has 6 nitrogen and oxygen atoms in total. The van der Waals surface area contributed by atoms with Crippen molar-refractivity contribution in [2.75, 3.05) is 0 Å². The highest BCUT2D eigenvalue weighted by atomic mass is 16.4. The molecule has 0 unspecified atom stereocenters. The van der Waals surface area contributed by atoms with Gasteiger partial charge in [-0.25, -0.2) is 9.97 Å². The zero-order valence-electron chi connectivity index (χ0n) is 16.2. The molecule has 30 heavy (non-hydrogen) atoms. The minimum Gasteiger partial charge on any atom is -0.441 e. The number of benzene rings is 3. The van der Waals surface area contributed by atoms with Gasteiger partial charge >= 0.3 is 0 Å². The third kappa shape index (κ3) is 3.80. The van der Waals surface area contributed by atoms with Gasteiger partial charge in [0.15, 0.2) is 17.1 Å². The predicted octanol–water partition coefficient (Wildman–Crippen LogP) is 4.68. The van der Waals surface area contributed by atoms with Crippen LogP contribution in [0.3, 0.4) is 0 Å². The third-order valence-corrected chi connectivity index (χ3v) is 4.90. The maximum absolute atomic E-state index is 12.6. The largest absolute Gasteiger partial charge is 0.441 e. The number of nitrogens with one attached hydrogen (secondary N) is 1. The third-order valence-electron chi connectivity index (χ3n) is 4.90. The first-order valence-electron chi connectivity index (χ1n) is 9.81. The normalized spacial score (nSPS) is 11.2. The van der Waals surface area contributed by atoms with E-state index in [9.17, 15) is 4.79 Å². The molecule has 0 spiro atoms. The van der Waals surface area contributed by atoms with Gasteiger partial charge in [-0.15, -0.1) is 0 Å². The number of aromatic nitrogens is 2. The quantitative estimate of drug-likeness (QED) is 0.450. The van der Waals surface area contributed by atoms with Gasteiger partial charge < -0.3 is 14.2 Å². The highest BCUT2D eigenvalue weighted by Crippen LogP contribution is 2.19. The first kappa shape index (κ1) is 18.1. The van der Waals surface area contributed by atoms with Crippen LogP contribution in [0.25, 0.3) is 22.2 Å². The molecule has 5 rings (SSSR count). The summed E-state index contributed by atoms with van der Waals surface area (Å²) in [7, 11) is 0. The van der Waals surface area contributed by atoms with E-state index in [0.29, 0.717) is 40.4 Å². The molecule has 0 saturated heterocycles. The zero-order chi connectivity index (χ0) is 20.3. The summed E-state index contributed by atoms with van der Waals surface area (Å²) in [5, 5.41) is 2.84. The van der Waals surface area contributed by atoms with E-state index < -0.39 is 0 Å². The Kier molecular flexibility index (Phi) is 4.73. The number of amides is 1. The van der Waals surface area contributed by atoms with Crippen LogP contribution in [-0.2, 0) is 19.4 Å². The van der Waals surface area contributed by atoms with E-state index in [0.717, 1.165) is 11.9 Å². The molecule has 0 atom stereocenters. The van der Waals surface area contributed by atoms with Gasteiger partial charge in [0.2, 0.25) is 5.89 Å². The van der Waals surface area contributed by atoms with Gasteiger partial charge in [0.05, 0.1) is 6.54 Å². The molecule has 1 N–H and O–H groups in total. The first-order valence-corrected chi connectivity index (χ1v) is 9.81. The van der Waals surface area contributed by atoms with E-state index in [1.807, 2.05) is 42.5 Å². The van der Waals surface area contributed by atoms with Gasteiger partial charge in [-0.3, -0.25) is 4.79 Å². The molecule has 2 heterocycles. The van der Waals surface area contributed by atoms with Crippen LogP contribution >= 0.6 is 0 Å². The molecule has 0 saturated carbocycles. The smallest absolute Gasteiger partial charge is 0.251 e. The molecule has 3 aromatic carbocycles. The summed E-state index contributed by atoms with van der Waals surface area (Å²) in [4.78, 5) is 21.5. The standard InChI is InChI=1S/C24H19N3O3/c28-24(25-15-23-26-18-8-4-5-9-20(18)30-23)17-11-12-21-19(14-17)27-22(29-21)13-10-16-6-2-1-3-7-16/h1-9,11-12,14H,10,13,15H2,(H,25,28). The van der Waals surface area contributed by atoms with Gasteiger partial charge in [-0.05, 0) is 42.3 Å². The Labute approximate surface area is 172 Å². The number of carbonyl (C=O) groups excluding carboxylic acids is 1. The van der Waals surface area contributed by atoms with Gasteiger partial charge in [-0.2, -0.15) is 0 Å². The topological polar surface area (TPSA) is 81.2 Å². The highest BCUT2D eigenvalue weighted by molar-refractivity contribution is 5.97. The molecule has 0 aliphatic heterocycles. The molecule has 6 heteroatoms. The number of carbonyl (C=O) groups is 1. The minimum atomic E-state index is -0.215. The minimum absolute atomic E-state index is 0.215. The van der Waals surface area contributed by atoms with E-state index >= 15 is 0 Å². The molecule has 0 aliphatic rings. The van der Waals surface area contributed by atoms with Crippen molar-refractivity contribution in [3.63, 3.8) is 0 Å². The second-order valence-electron chi connectivity index (χ2n) is 7.03. The lowest BCUT2D eigenvalue weighted by atomic mass is 10.1. The van der Waals surface area contributed by atoms with Crippen LogP contribution in [-0.4, -0.2) is 15.9 Å². The number of fused-ring (bicyclic) bond motifs is 2. The van der Waals surface area contributed by atoms with E-state index in [2.05, 4.69) is 27.4 Å². The van der Waals surface area contributed by atoms with Crippen LogP contribution in [0, 0.1) is 0 Å². The second-order valence-corrected chi connectivity index (χ2v) is 7.03. The number of rotatable bonds is 6. The van der Waals surface area contributed by atoms with Crippen LogP contribution < -0.4 is 5.32 Å². The van der Waals surface area contributed by atoms with Crippen LogP contribution in [0.15, 0.2) is 81.6 Å². The molecule has 148 valence electrons. The number of aryl methyl sites for hydroxylation is 2.